The van der Waals surface area contributed by atoms with Gasteiger partial charge in [0.1, 0.15) is 12.4 Å². The molecule has 144 valence electrons. The van der Waals surface area contributed by atoms with Crippen LogP contribution in [-0.4, -0.2) is 37.9 Å². The van der Waals surface area contributed by atoms with E-state index in [0.717, 1.165) is 47.5 Å². The van der Waals surface area contributed by atoms with Crippen LogP contribution >= 0.6 is 0 Å². The average Bonchev–Trinajstić information content (AvgIpc) is 3.33. The molecule has 0 aromatic heterocycles. The molecule has 5 rings (SSSR count). The van der Waals surface area contributed by atoms with E-state index in [2.05, 4.69) is 17.0 Å². The molecule has 2 aromatic rings. The van der Waals surface area contributed by atoms with Crippen molar-refractivity contribution in [3.8, 4) is 5.75 Å². The first-order valence-electron chi connectivity index (χ1n) is 9.79. The van der Waals surface area contributed by atoms with Crippen molar-refractivity contribution in [2.24, 2.45) is 0 Å². The van der Waals surface area contributed by atoms with Gasteiger partial charge in [-0.05, 0) is 59.7 Å². The molecule has 0 bridgehead atoms. The summed E-state index contributed by atoms with van der Waals surface area (Å²) < 4.78 is 10.9. The summed E-state index contributed by atoms with van der Waals surface area (Å²) in [5.74, 6) is 0.319. The zero-order chi connectivity index (χ0) is 19.3. The predicted molar refractivity (Wildman–Crippen MR) is 106 cm³/mol. The number of hydrogen-bond acceptors (Lipinski definition) is 5. The zero-order valence-corrected chi connectivity index (χ0v) is 15.9. The normalized spacial score (nSPS) is 20.0. The summed E-state index contributed by atoms with van der Waals surface area (Å²) in [6.07, 6.45) is 3.32. The van der Waals surface area contributed by atoms with Crippen LogP contribution in [0.3, 0.4) is 0 Å². The van der Waals surface area contributed by atoms with E-state index < -0.39 is 0 Å². The van der Waals surface area contributed by atoms with Crippen LogP contribution in [-0.2, 0) is 22.4 Å². The number of anilines is 1. The van der Waals surface area contributed by atoms with Crippen molar-refractivity contribution >= 4 is 11.7 Å². The zero-order valence-electron chi connectivity index (χ0n) is 15.9. The molecule has 0 saturated carbocycles. The second-order valence-electron chi connectivity index (χ2n) is 7.55. The van der Waals surface area contributed by atoms with Gasteiger partial charge in [-0.25, -0.2) is 4.79 Å². The Morgan fingerprint density at radius 2 is 2.04 bits per heavy atom. The number of carbonyl (C=O) groups is 1. The Morgan fingerprint density at radius 1 is 1.21 bits per heavy atom. The average molecular weight is 377 g/mol. The van der Waals surface area contributed by atoms with Gasteiger partial charge < -0.3 is 19.5 Å². The molecule has 0 saturated heterocycles. The highest BCUT2D eigenvalue weighted by Gasteiger charge is 2.42. The second-order valence-corrected chi connectivity index (χ2v) is 7.55. The molecule has 2 heterocycles. The molecule has 1 unspecified atom stereocenters. The Kier molecular flexibility index (Phi) is 4.13. The van der Waals surface area contributed by atoms with Crippen LogP contribution in [0.25, 0.3) is 0 Å². The van der Waals surface area contributed by atoms with Gasteiger partial charge in [0.2, 0.25) is 0 Å². The van der Waals surface area contributed by atoms with Gasteiger partial charge in [0, 0.05) is 18.2 Å². The van der Waals surface area contributed by atoms with Gasteiger partial charge >= 0.3 is 5.97 Å². The third-order valence-corrected chi connectivity index (χ3v) is 6.08. The number of nitrogens with zero attached hydrogens (tertiary/aromatic N) is 1. The number of fused-ring (bicyclic) bond motifs is 2. The highest BCUT2D eigenvalue weighted by atomic mass is 16.5. The number of hydrogen-bond donors (Lipinski definition) is 1. The van der Waals surface area contributed by atoms with Crippen LogP contribution in [0.2, 0.25) is 0 Å². The number of aliphatic hydroxyl groups is 1. The van der Waals surface area contributed by atoms with Crippen molar-refractivity contribution in [3.05, 3.63) is 69.9 Å². The molecule has 0 amide bonds. The number of aryl methyl sites for hydroxylation is 2. The Bertz CT molecular complexity index is 994. The summed E-state index contributed by atoms with van der Waals surface area (Å²) in [6.45, 7) is 0.725. The van der Waals surface area contributed by atoms with E-state index >= 15 is 0 Å². The third kappa shape index (κ3) is 2.53. The summed E-state index contributed by atoms with van der Waals surface area (Å²) >= 11 is 0. The minimum atomic E-state index is -0.267. The Hall–Kier alpha value is -2.79. The lowest BCUT2D eigenvalue weighted by Gasteiger charge is -2.36. The molecule has 2 aromatic carbocycles. The molecule has 0 radical (unpaired) electrons. The molecular formula is C23H23NO4. The van der Waals surface area contributed by atoms with Crippen LogP contribution in [0.1, 0.15) is 34.6 Å². The van der Waals surface area contributed by atoms with Crippen molar-refractivity contribution in [1.29, 1.82) is 0 Å². The van der Waals surface area contributed by atoms with Gasteiger partial charge in [0.15, 0.2) is 0 Å². The number of rotatable bonds is 4. The van der Waals surface area contributed by atoms with Crippen molar-refractivity contribution < 1.29 is 19.4 Å². The molecule has 28 heavy (non-hydrogen) atoms. The maximum atomic E-state index is 12.7. The van der Waals surface area contributed by atoms with Gasteiger partial charge in [0.25, 0.3) is 0 Å². The van der Waals surface area contributed by atoms with E-state index in [0.29, 0.717) is 12.1 Å². The van der Waals surface area contributed by atoms with E-state index in [1.807, 2.05) is 24.3 Å². The lowest BCUT2D eigenvalue weighted by molar-refractivity contribution is -0.136. The minimum Gasteiger partial charge on any atom is -0.497 e. The fourth-order valence-electron chi connectivity index (χ4n) is 4.83. The van der Waals surface area contributed by atoms with E-state index in [1.54, 1.807) is 7.11 Å². The number of cyclic esters (lactones) is 1. The molecule has 0 fully saturated rings. The number of esters is 1. The first-order chi connectivity index (χ1) is 13.7. The number of methoxy groups -OCH3 is 1. The third-order valence-electron chi connectivity index (χ3n) is 6.08. The fourth-order valence-corrected chi connectivity index (χ4v) is 4.83. The molecule has 5 heteroatoms. The highest BCUT2D eigenvalue weighted by Crippen LogP contribution is 2.49. The summed E-state index contributed by atoms with van der Waals surface area (Å²) in [7, 11) is 1.65. The standard InChI is InChI=1S/C23H23NO4/c1-27-17-7-3-6-16(10-17)21-18-11-14-4-2-5-15(14)12-19(18)24(8-9-25)20-13-28-23(26)22(20)21/h3,6-7,10-12,21,25H,2,4-5,8-9,13H2,1H3. The van der Waals surface area contributed by atoms with E-state index in [4.69, 9.17) is 9.47 Å². The largest absolute Gasteiger partial charge is 0.497 e. The molecule has 1 atom stereocenters. The molecular weight excluding hydrogens is 354 g/mol. The van der Waals surface area contributed by atoms with Gasteiger partial charge in [-0.15, -0.1) is 0 Å². The Morgan fingerprint density at radius 3 is 2.82 bits per heavy atom. The van der Waals surface area contributed by atoms with E-state index in [-0.39, 0.29) is 25.1 Å². The van der Waals surface area contributed by atoms with Crippen molar-refractivity contribution in [2.45, 2.75) is 25.2 Å². The molecule has 2 aliphatic heterocycles. The topological polar surface area (TPSA) is 59.0 Å². The van der Waals surface area contributed by atoms with E-state index in [1.165, 1.54) is 11.1 Å². The number of benzene rings is 2. The Balaban J connectivity index is 1.76. The van der Waals surface area contributed by atoms with Crippen molar-refractivity contribution in [2.75, 3.05) is 31.8 Å². The summed E-state index contributed by atoms with van der Waals surface area (Å²) in [6, 6.07) is 12.4. The van der Waals surface area contributed by atoms with Crippen molar-refractivity contribution in [1.82, 2.24) is 0 Å². The number of aliphatic hydroxyl groups excluding tert-OH is 1. The van der Waals surface area contributed by atoms with Crippen LogP contribution < -0.4 is 9.64 Å². The maximum absolute atomic E-state index is 12.7. The minimum absolute atomic E-state index is 0.0192. The molecule has 0 spiro atoms. The predicted octanol–water partition coefficient (Wildman–Crippen LogP) is 2.94. The van der Waals surface area contributed by atoms with Gasteiger partial charge in [-0.2, -0.15) is 0 Å². The molecule has 1 aliphatic carbocycles. The smallest absolute Gasteiger partial charge is 0.337 e. The lowest BCUT2D eigenvalue weighted by Crippen LogP contribution is -2.33. The molecule has 5 nitrogen and oxygen atoms in total. The highest BCUT2D eigenvalue weighted by molar-refractivity contribution is 5.97. The second kappa shape index (κ2) is 6.67. The lowest BCUT2D eigenvalue weighted by atomic mass is 9.79. The van der Waals surface area contributed by atoms with Crippen LogP contribution in [0.15, 0.2) is 47.7 Å². The summed E-state index contributed by atoms with van der Waals surface area (Å²) in [4.78, 5) is 14.8. The quantitative estimate of drug-likeness (QED) is 0.831. The first-order valence-corrected chi connectivity index (χ1v) is 9.79. The number of β-amino-alcohol motifs (C(OH)–C–C–N with tert-alkyl or cyclic N) is 1. The number of carbonyl (C=O) groups excluding carboxylic acids is 1. The van der Waals surface area contributed by atoms with Gasteiger partial charge in [-0.1, -0.05) is 18.2 Å². The molecule has 1 N–H and O–H groups in total. The monoisotopic (exact) mass is 377 g/mol. The van der Waals surface area contributed by atoms with Crippen LogP contribution in [0.4, 0.5) is 5.69 Å². The Labute approximate surface area is 164 Å². The van der Waals surface area contributed by atoms with Gasteiger partial charge in [0.05, 0.1) is 25.0 Å². The number of ether oxygens (including phenoxy) is 2. The van der Waals surface area contributed by atoms with Crippen LogP contribution in [0, 0.1) is 0 Å². The van der Waals surface area contributed by atoms with Crippen molar-refractivity contribution in [3.63, 3.8) is 0 Å². The maximum Gasteiger partial charge on any atom is 0.337 e. The molecule has 3 aliphatic rings. The summed E-state index contributed by atoms with van der Waals surface area (Å²) in [5.41, 5.74) is 7.52. The SMILES string of the molecule is COc1cccc(C2C3=C(COC3=O)N(CCO)c3cc4c(cc32)CCC4)c1. The van der Waals surface area contributed by atoms with E-state index in [9.17, 15) is 9.90 Å². The fraction of sp³-hybridized carbons (Fsp3) is 0.348. The summed E-state index contributed by atoms with van der Waals surface area (Å²) in [5, 5.41) is 9.67. The first kappa shape index (κ1) is 17.3. The van der Waals surface area contributed by atoms with Gasteiger partial charge in [-0.3, -0.25) is 0 Å². The van der Waals surface area contributed by atoms with Crippen LogP contribution in [0.5, 0.6) is 5.75 Å².